The fraction of sp³-hybridized carbons (Fsp3) is 0. The second kappa shape index (κ2) is 5.15. The van der Waals surface area contributed by atoms with Gasteiger partial charge in [0.25, 0.3) is 0 Å². The van der Waals surface area contributed by atoms with E-state index in [4.69, 9.17) is 23.8 Å². The minimum Gasteiger partial charge on any atom is -0.268 e. The van der Waals surface area contributed by atoms with Gasteiger partial charge in [-0.05, 0) is 48.6 Å². The van der Waals surface area contributed by atoms with Gasteiger partial charge in [-0.15, -0.1) is 0 Å². The maximum Gasteiger partial charge on any atom is 0.200 e. The lowest BCUT2D eigenvalue weighted by molar-refractivity contribution is 0.628. The van der Waals surface area contributed by atoms with Crippen LogP contribution in [0.2, 0.25) is 5.15 Å². The summed E-state index contributed by atoms with van der Waals surface area (Å²) in [4.78, 5) is 3.93. The maximum absolute atomic E-state index is 13.0. The molecule has 0 radical (unpaired) electrons. The zero-order valence-electron chi connectivity index (χ0n) is 10.0. The van der Waals surface area contributed by atoms with Crippen molar-refractivity contribution in [2.75, 3.05) is 0 Å². The van der Waals surface area contributed by atoms with Gasteiger partial charge in [-0.3, -0.25) is 9.67 Å². The molecule has 0 amide bonds. The number of halogens is 2. The third-order valence-electron chi connectivity index (χ3n) is 2.74. The van der Waals surface area contributed by atoms with Gasteiger partial charge in [0, 0.05) is 11.8 Å². The van der Waals surface area contributed by atoms with Crippen molar-refractivity contribution >= 4 is 23.8 Å². The van der Waals surface area contributed by atoms with Gasteiger partial charge in [0.15, 0.2) is 10.6 Å². The van der Waals surface area contributed by atoms with Gasteiger partial charge in [-0.2, -0.15) is 5.10 Å². The summed E-state index contributed by atoms with van der Waals surface area (Å²) in [5, 5.41) is 7.27. The van der Waals surface area contributed by atoms with E-state index < -0.39 is 0 Å². The lowest BCUT2D eigenvalue weighted by Crippen LogP contribution is -1.98. The van der Waals surface area contributed by atoms with Crippen LogP contribution in [0.1, 0.15) is 0 Å². The van der Waals surface area contributed by atoms with E-state index in [0.29, 0.717) is 15.7 Å². The quantitative estimate of drug-likeness (QED) is 0.579. The van der Waals surface area contributed by atoms with Crippen molar-refractivity contribution in [1.82, 2.24) is 19.7 Å². The third-order valence-corrected chi connectivity index (χ3v) is 3.22. The van der Waals surface area contributed by atoms with Crippen LogP contribution in [0.5, 0.6) is 0 Å². The first-order valence-corrected chi connectivity index (χ1v) is 6.49. The number of aromatic nitrogens is 4. The summed E-state index contributed by atoms with van der Waals surface area (Å²) in [5.41, 5.74) is 1.48. The Morgan fingerprint density at radius 2 is 1.95 bits per heavy atom. The molecule has 0 aliphatic heterocycles. The lowest BCUT2D eigenvalue weighted by atomic mass is 10.2. The Kier molecular flexibility index (Phi) is 3.33. The summed E-state index contributed by atoms with van der Waals surface area (Å²) in [5.74, 6) is 0.277. The molecule has 0 aliphatic carbocycles. The van der Waals surface area contributed by atoms with Crippen molar-refractivity contribution in [3.63, 3.8) is 0 Å². The molecular formula is C13H8ClFN4S. The molecule has 0 atom stereocenters. The topological polar surface area (TPSA) is 46.5 Å². The van der Waals surface area contributed by atoms with Crippen molar-refractivity contribution in [3.8, 4) is 17.1 Å². The fourth-order valence-electron chi connectivity index (χ4n) is 1.86. The molecule has 0 saturated carbocycles. The molecule has 3 rings (SSSR count). The molecule has 0 fully saturated rings. The lowest BCUT2D eigenvalue weighted by Gasteiger charge is -2.06. The zero-order valence-corrected chi connectivity index (χ0v) is 11.6. The Bertz CT molecular complexity index is 810. The van der Waals surface area contributed by atoms with Gasteiger partial charge in [0.05, 0.1) is 5.69 Å². The number of nitrogens with one attached hydrogen (secondary N) is 1. The molecule has 2 heterocycles. The Morgan fingerprint density at radius 3 is 2.65 bits per heavy atom. The highest BCUT2D eigenvalue weighted by Gasteiger charge is 2.11. The van der Waals surface area contributed by atoms with Crippen LogP contribution in [0, 0.1) is 10.6 Å². The predicted molar refractivity (Wildman–Crippen MR) is 76.9 cm³/mol. The first-order valence-electron chi connectivity index (χ1n) is 5.70. The molecule has 0 spiro atoms. The first kappa shape index (κ1) is 13.0. The molecule has 0 bridgehead atoms. The molecule has 2 aromatic heterocycles. The molecule has 1 N–H and O–H groups in total. The van der Waals surface area contributed by atoms with Crippen LogP contribution in [0.3, 0.4) is 0 Å². The average molecular weight is 307 g/mol. The molecule has 100 valence electrons. The summed E-state index contributed by atoms with van der Waals surface area (Å²) < 4.78 is 15.1. The first-order chi connectivity index (χ1) is 9.65. The molecule has 0 aliphatic rings. The number of pyridine rings is 1. The van der Waals surface area contributed by atoms with Crippen LogP contribution in [0.25, 0.3) is 17.1 Å². The van der Waals surface area contributed by atoms with Gasteiger partial charge in [0.2, 0.25) is 0 Å². The number of hydrogen-bond acceptors (Lipinski definition) is 3. The Hall–Kier alpha value is -2.05. The second-order valence-electron chi connectivity index (χ2n) is 4.03. The molecule has 1 aromatic carbocycles. The van der Waals surface area contributed by atoms with Gasteiger partial charge in [0.1, 0.15) is 11.0 Å². The molecule has 20 heavy (non-hydrogen) atoms. The van der Waals surface area contributed by atoms with Crippen molar-refractivity contribution in [3.05, 3.63) is 58.3 Å². The number of aromatic amines is 1. The number of hydrogen-bond donors (Lipinski definition) is 1. The average Bonchev–Trinajstić information content (AvgIpc) is 2.81. The van der Waals surface area contributed by atoms with E-state index in [1.54, 1.807) is 35.0 Å². The predicted octanol–water partition coefficient (Wildman–Crippen LogP) is 3.78. The van der Waals surface area contributed by atoms with Gasteiger partial charge in [-0.1, -0.05) is 11.6 Å². The summed E-state index contributed by atoms with van der Waals surface area (Å²) in [6.45, 7) is 0. The van der Waals surface area contributed by atoms with Crippen LogP contribution in [0.4, 0.5) is 4.39 Å². The van der Waals surface area contributed by atoms with Crippen LogP contribution in [-0.4, -0.2) is 19.7 Å². The van der Waals surface area contributed by atoms with Gasteiger partial charge >= 0.3 is 0 Å². The van der Waals surface area contributed by atoms with E-state index >= 15 is 0 Å². The number of nitrogens with zero attached hydrogens (tertiary/aromatic N) is 3. The van der Waals surface area contributed by atoms with E-state index in [-0.39, 0.29) is 5.82 Å². The van der Waals surface area contributed by atoms with Crippen molar-refractivity contribution in [2.45, 2.75) is 0 Å². The monoisotopic (exact) mass is 306 g/mol. The minimum atomic E-state index is -0.304. The fourth-order valence-corrected chi connectivity index (χ4v) is 2.27. The summed E-state index contributed by atoms with van der Waals surface area (Å²) >= 11 is 11.1. The minimum absolute atomic E-state index is 0.304. The van der Waals surface area contributed by atoms with Crippen LogP contribution < -0.4 is 0 Å². The standard InChI is InChI=1S/C13H8ClFN4S/c14-11-7-10(5-6-16-11)19-12(17-18-13(19)20)8-1-3-9(15)4-2-8/h1-7H,(H,18,20). The highest BCUT2D eigenvalue weighted by atomic mass is 35.5. The van der Waals surface area contributed by atoms with E-state index in [1.165, 1.54) is 12.1 Å². The highest BCUT2D eigenvalue weighted by molar-refractivity contribution is 7.71. The number of benzene rings is 1. The van der Waals surface area contributed by atoms with Crippen LogP contribution >= 0.6 is 23.8 Å². The van der Waals surface area contributed by atoms with Crippen molar-refractivity contribution < 1.29 is 4.39 Å². The van der Waals surface area contributed by atoms with Gasteiger partial charge in [-0.25, -0.2) is 9.37 Å². The normalized spacial score (nSPS) is 10.7. The summed E-state index contributed by atoms with van der Waals surface area (Å²) in [6.07, 6.45) is 1.58. The van der Waals surface area contributed by atoms with E-state index in [9.17, 15) is 4.39 Å². The van der Waals surface area contributed by atoms with Gasteiger partial charge < -0.3 is 0 Å². The third kappa shape index (κ3) is 2.35. The maximum atomic E-state index is 13.0. The Balaban J connectivity index is 2.20. The molecular weight excluding hydrogens is 299 g/mol. The summed E-state index contributed by atoms with van der Waals surface area (Å²) in [6, 6.07) is 9.47. The van der Waals surface area contributed by atoms with E-state index in [0.717, 1.165) is 11.3 Å². The van der Waals surface area contributed by atoms with Crippen LogP contribution in [0.15, 0.2) is 42.6 Å². The number of rotatable bonds is 2. The smallest absolute Gasteiger partial charge is 0.200 e. The molecule has 0 saturated heterocycles. The molecule has 0 unspecified atom stereocenters. The highest BCUT2D eigenvalue weighted by Crippen LogP contribution is 2.22. The number of H-pyrrole nitrogens is 1. The zero-order chi connectivity index (χ0) is 14.1. The largest absolute Gasteiger partial charge is 0.268 e. The van der Waals surface area contributed by atoms with E-state index in [1.807, 2.05) is 0 Å². The Morgan fingerprint density at radius 1 is 1.20 bits per heavy atom. The molecule has 3 aromatic rings. The second-order valence-corrected chi connectivity index (χ2v) is 4.81. The Labute approximate surface area is 123 Å². The van der Waals surface area contributed by atoms with E-state index in [2.05, 4.69) is 15.2 Å². The van der Waals surface area contributed by atoms with Crippen LogP contribution in [-0.2, 0) is 0 Å². The molecule has 4 nitrogen and oxygen atoms in total. The summed E-state index contributed by atoms with van der Waals surface area (Å²) in [7, 11) is 0. The van der Waals surface area contributed by atoms with Crippen molar-refractivity contribution in [1.29, 1.82) is 0 Å². The SMILES string of the molecule is Fc1ccc(-c2n[nH]c(=S)n2-c2ccnc(Cl)c2)cc1. The van der Waals surface area contributed by atoms with Crippen molar-refractivity contribution in [2.24, 2.45) is 0 Å². The molecule has 7 heteroatoms.